The van der Waals surface area contributed by atoms with E-state index in [1.165, 1.54) is 21.0 Å². The molecular formula is C48H60N2O14. The lowest BCUT2D eigenvalue weighted by atomic mass is 9.69. The first-order valence-electron chi connectivity index (χ1n) is 20.6. The first-order valence-corrected chi connectivity index (χ1v) is 20.6. The Morgan fingerprint density at radius 3 is 1.98 bits per heavy atom. The van der Waals surface area contributed by atoms with E-state index in [4.69, 9.17) is 37.3 Å². The Morgan fingerprint density at radius 1 is 0.922 bits per heavy atom. The van der Waals surface area contributed by atoms with Crippen LogP contribution in [0.5, 0.6) is 0 Å². The van der Waals surface area contributed by atoms with Crippen molar-refractivity contribution in [2.75, 3.05) is 26.9 Å². The van der Waals surface area contributed by atoms with E-state index in [0.717, 1.165) is 24.0 Å². The summed E-state index contributed by atoms with van der Waals surface area (Å²) < 4.78 is 14.0. The lowest BCUT2D eigenvalue weighted by Gasteiger charge is -2.32. The number of hydrogen-bond acceptors (Lipinski definition) is 13. The van der Waals surface area contributed by atoms with Gasteiger partial charge in [0.2, 0.25) is 0 Å². The summed E-state index contributed by atoms with van der Waals surface area (Å²) in [6.07, 6.45) is 12.6. The van der Waals surface area contributed by atoms with Crippen LogP contribution in [0.3, 0.4) is 0 Å². The largest absolute Gasteiger partial charge is 0.478 e. The number of Topliss-reactive ketones (excluding diaryl/α,β-unsaturated/α-hetero) is 3. The Labute approximate surface area is 374 Å². The van der Waals surface area contributed by atoms with Crippen LogP contribution in [0.4, 0.5) is 0 Å². The molecule has 16 heteroatoms. The second-order valence-corrected chi connectivity index (χ2v) is 17.3. The first kappa shape index (κ1) is 55.6. The van der Waals surface area contributed by atoms with Gasteiger partial charge >= 0.3 is 36.6 Å². The number of carbonyl (C=O) groups is 8. The van der Waals surface area contributed by atoms with Crippen LogP contribution >= 0.6 is 0 Å². The zero-order valence-electron chi connectivity index (χ0n) is 38.1. The van der Waals surface area contributed by atoms with Gasteiger partial charge in [-0.25, -0.2) is 22.7 Å². The average molecular weight is 889 g/mol. The number of nitrogens with zero attached hydrogens (tertiary/aromatic N) is 2. The van der Waals surface area contributed by atoms with Gasteiger partial charge in [-0.15, -0.1) is 0 Å². The van der Waals surface area contributed by atoms with Crippen molar-refractivity contribution in [3.63, 3.8) is 0 Å². The van der Waals surface area contributed by atoms with Gasteiger partial charge in [0.05, 0.1) is 17.9 Å². The van der Waals surface area contributed by atoms with Gasteiger partial charge in [-0.2, -0.15) is 9.59 Å². The van der Waals surface area contributed by atoms with E-state index in [1.807, 2.05) is 39.0 Å². The van der Waals surface area contributed by atoms with Crippen LogP contribution in [0.25, 0.3) is 9.69 Å². The van der Waals surface area contributed by atoms with Crippen molar-refractivity contribution in [3.8, 4) is 0 Å². The molecule has 0 saturated heterocycles. The average Bonchev–Trinajstić information content (AvgIpc) is 3.72. The first-order chi connectivity index (χ1) is 29.8. The normalized spacial score (nSPS) is 26.8. The fourth-order valence-electron chi connectivity index (χ4n) is 8.75. The molecule has 0 amide bonds. The molecule has 1 N–H and O–H groups in total. The van der Waals surface area contributed by atoms with E-state index in [1.54, 1.807) is 13.0 Å². The number of ketones is 4. The maximum absolute atomic E-state index is 12.3. The molecule has 0 unspecified atom stereocenters. The molecule has 6 atom stereocenters. The molecule has 5 rings (SSSR count). The summed E-state index contributed by atoms with van der Waals surface area (Å²) in [6, 6.07) is 0. The Kier molecular flexibility index (Phi) is 21.3. The van der Waals surface area contributed by atoms with E-state index in [-0.39, 0.29) is 78.8 Å². The Bertz CT molecular complexity index is 2070. The third kappa shape index (κ3) is 14.6. The fourth-order valence-corrected chi connectivity index (χ4v) is 8.75. The van der Waals surface area contributed by atoms with Crippen LogP contribution in [0.1, 0.15) is 106 Å². The Balaban J connectivity index is 0.000000436. The molecule has 0 bridgehead atoms. The second kappa shape index (κ2) is 24.5. The molecule has 0 aliphatic heterocycles. The number of ether oxygens (including phenoxy) is 3. The second-order valence-electron chi connectivity index (χ2n) is 17.3. The van der Waals surface area contributed by atoms with Gasteiger partial charge in [-0.1, -0.05) is 45.2 Å². The molecule has 0 spiro atoms. The van der Waals surface area contributed by atoms with Crippen molar-refractivity contribution in [1.29, 1.82) is 0 Å². The standard InChI is InChI=1S/C16H19NO3.C15H20O3.C12H16O4.C4H5NO2.CO2/c1-11(18)20-10-12-7-8-16(3,17-4)13-5-6-14(19)15(13,2)9-12;1-9-4-5-11(10(2)14(17)18)8-15(3)12(9)6-7-13(15)16;1-8(7-16-9(2)13)6-12(3)10(14)4-5-11(12)15;1-5-3-4(6)7-2;2-1-3/h5,7H,6,8-10H2,1-3H3;6-7,9,11-12H,2,4-5,8H2,1,3H3,(H,17,18);1,4-7H2,2-3H3;3H2,2H3;/t15-,16+;9-,11+,12-,15-;;;/m00.../s1. The number of rotatable bonds is 9. The number of hydrogen-bond donors (Lipinski definition) is 1. The number of carbonyl (C=O) groups excluding carboxylic acids is 9. The van der Waals surface area contributed by atoms with E-state index >= 15 is 0 Å². The number of carboxylic acids is 1. The highest BCUT2D eigenvalue weighted by atomic mass is 16.5. The highest BCUT2D eigenvalue weighted by Gasteiger charge is 2.53. The van der Waals surface area contributed by atoms with Crippen LogP contribution in [0.15, 0.2) is 59.8 Å². The maximum Gasteiger partial charge on any atom is 0.386 e. The van der Waals surface area contributed by atoms with Gasteiger partial charge in [0.1, 0.15) is 30.6 Å². The molecule has 0 aromatic heterocycles. The summed E-state index contributed by atoms with van der Waals surface area (Å²) in [5, 5.41) is 9.08. The van der Waals surface area contributed by atoms with Crippen molar-refractivity contribution >= 4 is 53.2 Å². The molecule has 2 saturated carbocycles. The molecule has 64 heavy (non-hydrogen) atoms. The van der Waals surface area contributed by atoms with Crippen molar-refractivity contribution in [3.05, 3.63) is 82.6 Å². The number of allylic oxidation sites excluding steroid dienone is 3. The van der Waals surface area contributed by atoms with Gasteiger partial charge in [0.15, 0.2) is 5.78 Å². The van der Waals surface area contributed by atoms with Gasteiger partial charge in [0.25, 0.3) is 5.54 Å². The van der Waals surface area contributed by atoms with Crippen LogP contribution < -0.4 is 0 Å². The zero-order chi connectivity index (χ0) is 49.2. The number of aliphatic carboxylic acids is 1. The van der Waals surface area contributed by atoms with Crippen molar-refractivity contribution in [2.24, 2.45) is 34.0 Å². The lowest BCUT2D eigenvalue weighted by molar-refractivity contribution is -0.192. The summed E-state index contributed by atoms with van der Waals surface area (Å²) in [6.45, 7) is 33.4. The number of carboxylic acid groups (broad SMARTS) is 1. The minimum Gasteiger partial charge on any atom is -0.478 e. The van der Waals surface area contributed by atoms with Gasteiger partial charge < -0.3 is 29.0 Å². The molecule has 0 aromatic rings. The summed E-state index contributed by atoms with van der Waals surface area (Å²) >= 11 is 0. The van der Waals surface area contributed by atoms with E-state index in [2.05, 4.69) is 34.5 Å². The van der Waals surface area contributed by atoms with Crippen LogP contribution in [0.2, 0.25) is 0 Å². The van der Waals surface area contributed by atoms with Crippen LogP contribution in [0, 0.1) is 47.1 Å². The minimum absolute atomic E-state index is 0.0403. The number of fused-ring (bicyclic) bond motifs is 2. The highest BCUT2D eigenvalue weighted by molar-refractivity contribution is 6.12. The molecule has 0 heterocycles. The van der Waals surface area contributed by atoms with Crippen molar-refractivity contribution in [2.45, 2.75) is 112 Å². The topological polar surface area (TPSA) is 227 Å². The molecule has 5 aliphatic carbocycles. The molecule has 5 aliphatic rings. The predicted octanol–water partition coefficient (Wildman–Crippen LogP) is 6.61. The predicted molar refractivity (Wildman–Crippen MR) is 230 cm³/mol. The minimum atomic E-state index is -0.947. The summed E-state index contributed by atoms with van der Waals surface area (Å²) in [5.74, 6) is -1.34. The molecule has 16 nitrogen and oxygen atoms in total. The van der Waals surface area contributed by atoms with Crippen molar-refractivity contribution in [1.82, 2.24) is 0 Å². The van der Waals surface area contributed by atoms with Gasteiger partial charge in [-0.05, 0) is 80.9 Å². The van der Waals surface area contributed by atoms with Gasteiger partial charge in [-0.3, -0.25) is 28.8 Å². The fraction of sp³-hybridized carbons (Fsp3) is 0.562. The Hall–Kier alpha value is -6.38. The maximum atomic E-state index is 12.3. The van der Waals surface area contributed by atoms with E-state index in [9.17, 15) is 38.4 Å². The van der Waals surface area contributed by atoms with E-state index < -0.39 is 39.7 Å². The molecule has 2 fully saturated rings. The molecule has 346 valence electrons. The monoisotopic (exact) mass is 888 g/mol. The third-order valence-electron chi connectivity index (χ3n) is 12.5. The number of esters is 3. The third-order valence-corrected chi connectivity index (χ3v) is 12.5. The summed E-state index contributed by atoms with van der Waals surface area (Å²) in [4.78, 5) is 113. The smallest absolute Gasteiger partial charge is 0.386 e. The summed E-state index contributed by atoms with van der Waals surface area (Å²) in [7, 11) is 1.26. The van der Waals surface area contributed by atoms with Gasteiger partial charge in [0, 0.05) is 63.0 Å². The molecule has 0 aromatic carbocycles. The SMILES string of the molecule is C=C(C(=O)O)[C@@H]1CC[C@H](C)[C@@H]2C=CC(=O)[C@@]2(C)C1.C=C(COC(C)=O)CC1(C)C(=O)CCC1=O.O=C=O.[C-]#[N+]CC(=O)OC.[C-]#[N+][C@]1(C)CC=C(COC(C)=O)C[C@]2(C)C(=O)CC=C21. The Morgan fingerprint density at radius 2 is 1.50 bits per heavy atom. The molecular weight excluding hydrogens is 829 g/mol. The van der Waals surface area contributed by atoms with E-state index in [0.29, 0.717) is 50.0 Å². The molecule has 0 radical (unpaired) electrons. The lowest BCUT2D eigenvalue weighted by Crippen LogP contribution is -2.34. The highest BCUT2D eigenvalue weighted by Crippen LogP contribution is 2.52. The van der Waals surface area contributed by atoms with Crippen LogP contribution in [-0.4, -0.2) is 90.7 Å². The number of methoxy groups -OCH3 is 1. The quantitative estimate of drug-likeness (QED) is 0.0642. The van der Waals surface area contributed by atoms with Crippen LogP contribution in [-0.2, 0) is 62.2 Å². The zero-order valence-corrected chi connectivity index (χ0v) is 38.1. The van der Waals surface area contributed by atoms with Crippen molar-refractivity contribution < 1.29 is 67.3 Å². The summed E-state index contributed by atoms with van der Waals surface area (Å²) in [5.41, 5.74) is 0.0389.